The van der Waals surface area contributed by atoms with Crippen molar-refractivity contribution in [2.75, 3.05) is 19.6 Å². The highest BCUT2D eigenvalue weighted by Crippen LogP contribution is 2.11. The van der Waals surface area contributed by atoms with Crippen LogP contribution in [0.5, 0.6) is 0 Å². The van der Waals surface area contributed by atoms with Crippen LogP contribution in [0.3, 0.4) is 0 Å². The Kier molecular flexibility index (Phi) is 5.09. The molecule has 0 aliphatic carbocycles. The fourth-order valence-corrected chi connectivity index (χ4v) is 3.08. The van der Waals surface area contributed by atoms with Crippen LogP contribution in [0.4, 0.5) is 0 Å². The van der Waals surface area contributed by atoms with Crippen molar-refractivity contribution in [3.05, 3.63) is 0 Å². The predicted molar refractivity (Wildman–Crippen MR) is 60.9 cm³/mol. The van der Waals surface area contributed by atoms with Crippen molar-refractivity contribution in [3.63, 3.8) is 0 Å². The fraction of sp³-hybridized carbons (Fsp3) is 0.800. The first-order chi connectivity index (χ1) is 7.17. The molecule has 2 N–H and O–H groups in total. The summed E-state index contributed by atoms with van der Waals surface area (Å²) < 4.78 is 26.1. The van der Waals surface area contributed by atoms with Crippen LogP contribution in [0, 0.1) is 11.8 Å². The Bertz CT molecular complexity index is 334. The summed E-state index contributed by atoms with van der Waals surface area (Å²) in [6.45, 7) is 3.76. The van der Waals surface area contributed by atoms with Crippen LogP contribution in [-0.4, -0.2) is 33.3 Å². The lowest BCUT2D eigenvalue weighted by Crippen LogP contribution is -2.41. The summed E-state index contributed by atoms with van der Waals surface area (Å²) in [4.78, 5) is 0. The molecule has 0 aromatic rings. The maximum atomic E-state index is 11.8. The molecule has 15 heavy (non-hydrogen) atoms. The van der Waals surface area contributed by atoms with Crippen LogP contribution >= 0.6 is 0 Å². The summed E-state index contributed by atoms with van der Waals surface area (Å²) in [5.74, 6) is 5.57. The molecule has 0 aromatic heterocycles. The highest BCUT2D eigenvalue weighted by atomic mass is 32.2. The second-order valence-electron chi connectivity index (χ2n) is 3.57. The molecule has 1 fully saturated rings. The van der Waals surface area contributed by atoms with E-state index in [1.54, 1.807) is 6.92 Å². The van der Waals surface area contributed by atoms with E-state index in [1.165, 1.54) is 0 Å². The lowest BCUT2D eigenvalue weighted by Gasteiger charge is -2.22. The Morgan fingerprint density at radius 1 is 1.40 bits per heavy atom. The van der Waals surface area contributed by atoms with Gasteiger partial charge in [-0.05, 0) is 32.9 Å². The molecule has 0 bridgehead atoms. The van der Waals surface area contributed by atoms with Gasteiger partial charge in [-0.15, -0.1) is 11.8 Å². The van der Waals surface area contributed by atoms with E-state index in [1.807, 2.05) is 0 Å². The highest BCUT2D eigenvalue weighted by Gasteiger charge is 2.26. The van der Waals surface area contributed by atoms with Gasteiger partial charge in [0, 0.05) is 13.0 Å². The first kappa shape index (κ1) is 12.5. The van der Waals surface area contributed by atoms with Crippen LogP contribution in [0.2, 0.25) is 0 Å². The second-order valence-corrected chi connectivity index (χ2v) is 5.61. The van der Waals surface area contributed by atoms with Gasteiger partial charge in [0.1, 0.15) is 0 Å². The minimum Gasteiger partial charge on any atom is -0.317 e. The van der Waals surface area contributed by atoms with Gasteiger partial charge >= 0.3 is 0 Å². The van der Waals surface area contributed by atoms with Gasteiger partial charge in [-0.25, -0.2) is 13.1 Å². The zero-order valence-electron chi connectivity index (χ0n) is 9.04. The van der Waals surface area contributed by atoms with Gasteiger partial charge in [0.25, 0.3) is 0 Å². The van der Waals surface area contributed by atoms with Crippen molar-refractivity contribution in [3.8, 4) is 11.8 Å². The number of piperidine rings is 1. The summed E-state index contributed by atoms with van der Waals surface area (Å²) in [5.41, 5.74) is 0. The van der Waals surface area contributed by atoms with E-state index in [2.05, 4.69) is 21.9 Å². The topological polar surface area (TPSA) is 58.2 Å². The SMILES string of the molecule is CC#CCCNS(=O)(=O)C1CCNCC1. The third kappa shape index (κ3) is 4.20. The van der Waals surface area contributed by atoms with E-state index in [-0.39, 0.29) is 5.25 Å². The van der Waals surface area contributed by atoms with Crippen molar-refractivity contribution in [2.45, 2.75) is 31.4 Å². The quantitative estimate of drug-likeness (QED) is 0.531. The number of hydrogen-bond acceptors (Lipinski definition) is 3. The van der Waals surface area contributed by atoms with E-state index in [9.17, 15) is 8.42 Å². The first-order valence-electron chi connectivity index (χ1n) is 5.25. The van der Waals surface area contributed by atoms with Crippen molar-refractivity contribution in [1.29, 1.82) is 0 Å². The number of rotatable bonds is 4. The Hall–Kier alpha value is -0.570. The molecule has 0 unspecified atom stereocenters. The molecule has 1 rings (SSSR count). The second kappa shape index (κ2) is 6.11. The van der Waals surface area contributed by atoms with Gasteiger partial charge in [-0.2, -0.15) is 0 Å². The number of hydrogen-bond donors (Lipinski definition) is 2. The first-order valence-corrected chi connectivity index (χ1v) is 6.80. The summed E-state index contributed by atoms with van der Waals surface area (Å²) >= 11 is 0. The van der Waals surface area contributed by atoms with Crippen LogP contribution in [-0.2, 0) is 10.0 Å². The van der Waals surface area contributed by atoms with E-state index in [0.717, 1.165) is 13.1 Å². The molecule has 0 spiro atoms. The van der Waals surface area contributed by atoms with E-state index in [0.29, 0.717) is 25.8 Å². The van der Waals surface area contributed by atoms with E-state index < -0.39 is 10.0 Å². The van der Waals surface area contributed by atoms with Gasteiger partial charge in [-0.1, -0.05) is 0 Å². The standard InChI is InChI=1S/C10H18N2O2S/c1-2-3-4-7-12-15(13,14)10-5-8-11-9-6-10/h10-12H,4-9H2,1H3. The molecule has 0 saturated carbocycles. The maximum Gasteiger partial charge on any atom is 0.214 e. The monoisotopic (exact) mass is 230 g/mol. The normalized spacial score (nSPS) is 18.2. The zero-order valence-corrected chi connectivity index (χ0v) is 9.86. The molecule has 0 aromatic carbocycles. The van der Waals surface area contributed by atoms with Gasteiger partial charge in [0.15, 0.2) is 0 Å². The lowest BCUT2D eigenvalue weighted by atomic mass is 10.2. The molecule has 1 aliphatic rings. The molecule has 5 heteroatoms. The van der Waals surface area contributed by atoms with Gasteiger partial charge < -0.3 is 5.32 Å². The van der Waals surface area contributed by atoms with Gasteiger partial charge in [-0.3, -0.25) is 0 Å². The smallest absolute Gasteiger partial charge is 0.214 e. The van der Waals surface area contributed by atoms with Crippen LogP contribution in [0.25, 0.3) is 0 Å². The minimum absolute atomic E-state index is 0.228. The van der Waals surface area contributed by atoms with Gasteiger partial charge in [0.05, 0.1) is 5.25 Å². The van der Waals surface area contributed by atoms with Crippen molar-refractivity contribution in [2.24, 2.45) is 0 Å². The Balaban J connectivity index is 2.38. The van der Waals surface area contributed by atoms with Crippen molar-refractivity contribution >= 4 is 10.0 Å². The van der Waals surface area contributed by atoms with E-state index >= 15 is 0 Å². The average Bonchev–Trinajstić information content (AvgIpc) is 2.26. The van der Waals surface area contributed by atoms with Crippen LogP contribution in [0.15, 0.2) is 0 Å². The molecule has 1 saturated heterocycles. The molecule has 86 valence electrons. The molecule has 0 radical (unpaired) electrons. The van der Waals surface area contributed by atoms with E-state index in [4.69, 9.17) is 0 Å². The predicted octanol–water partition coefficient (Wildman–Crippen LogP) is 0.0712. The van der Waals surface area contributed by atoms with Crippen molar-refractivity contribution < 1.29 is 8.42 Å². The minimum atomic E-state index is -3.12. The molecular weight excluding hydrogens is 212 g/mol. The maximum absolute atomic E-state index is 11.8. The summed E-state index contributed by atoms with van der Waals surface area (Å²) in [6.07, 6.45) is 1.99. The molecule has 4 nitrogen and oxygen atoms in total. The summed E-state index contributed by atoms with van der Waals surface area (Å²) in [7, 11) is -3.12. The molecular formula is C10H18N2O2S. The largest absolute Gasteiger partial charge is 0.317 e. The third-order valence-corrected chi connectivity index (χ3v) is 4.41. The Morgan fingerprint density at radius 2 is 2.07 bits per heavy atom. The summed E-state index contributed by atoms with van der Waals surface area (Å²) in [5, 5.41) is 2.92. The number of sulfonamides is 1. The fourth-order valence-electron chi connectivity index (χ4n) is 1.60. The van der Waals surface area contributed by atoms with Crippen LogP contribution < -0.4 is 10.0 Å². The molecule has 0 atom stereocenters. The lowest BCUT2D eigenvalue weighted by molar-refractivity contribution is 0.490. The molecule has 1 aliphatic heterocycles. The van der Waals surface area contributed by atoms with Crippen LogP contribution in [0.1, 0.15) is 26.2 Å². The highest BCUT2D eigenvalue weighted by molar-refractivity contribution is 7.90. The third-order valence-electron chi connectivity index (χ3n) is 2.46. The zero-order chi connectivity index (χ0) is 11.1. The number of nitrogens with one attached hydrogen (secondary N) is 2. The Labute approximate surface area is 91.9 Å². The Morgan fingerprint density at radius 3 is 2.67 bits per heavy atom. The van der Waals surface area contributed by atoms with Crippen molar-refractivity contribution in [1.82, 2.24) is 10.0 Å². The molecule has 0 amide bonds. The molecule has 1 heterocycles. The summed E-state index contributed by atoms with van der Waals surface area (Å²) in [6, 6.07) is 0. The average molecular weight is 230 g/mol. The van der Waals surface area contributed by atoms with Gasteiger partial charge in [0.2, 0.25) is 10.0 Å².